The minimum atomic E-state index is -4.87. The third-order valence-electron chi connectivity index (χ3n) is 26.9. The van der Waals surface area contributed by atoms with Crippen LogP contribution in [-0.4, -0.2) is 302 Å². The van der Waals surface area contributed by atoms with E-state index in [-0.39, 0.29) is 59.9 Å². The molecule has 0 aliphatic carbocycles. The normalized spacial score (nSPS) is 25.0. The molecule has 14 N–H and O–H groups in total. The van der Waals surface area contributed by atoms with Gasteiger partial charge in [-0.1, -0.05) is 204 Å². The van der Waals surface area contributed by atoms with Gasteiger partial charge in [-0.15, -0.1) is 0 Å². The summed E-state index contributed by atoms with van der Waals surface area (Å²) in [4.78, 5) is 72.4. The summed E-state index contributed by atoms with van der Waals surface area (Å²) in [5, 5.41) is 136. The third kappa shape index (κ3) is 31.3. The van der Waals surface area contributed by atoms with Crippen molar-refractivity contribution in [1.29, 1.82) is 0 Å². The lowest BCUT2D eigenvalue weighted by molar-refractivity contribution is -0.386. The smallest absolute Gasteiger partial charge is 0.364 e. The van der Waals surface area contributed by atoms with Gasteiger partial charge in [0.15, 0.2) is 18.1 Å². The highest BCUT2D eigenvalue weighted by atomic mass is 32.2. The van der Waals surface area contributed by atoms with E-state index >= 15 is 4.79 Å². The number of hydrogen-bond donors (Lipinski definition) is 14. The van der Waals surface area contributed by atoms with Crippen molar-refractivity contribution >= 4 is 72.2 Å². The van der Waals surface area contributed by atoms with Crippen LogP contribution in [0.1, 0.15) is 294 Å². The molecule has 4 amide bonds. The van der Waals surface area contributed by atoms with Crippen LogP contribution < -0.4 is 40.7 Å². The molecule has 3 saturated heterocycles. The number of rotatable bonds is 58. The number of aliphatic hydroxyl groups is 10. The molecule has 3 aromatic rings. The summed E-state index contributed by atoms with van der Waals surface area (Å²) in [6.45, 7) is 14.2. The molecular formula is C100H153N6O29S2-. The van der Waals surface area contributed by atoms with E-state index in [0.29, 0.717) is 70.0 Å². The quantitative estimate of drug-likeness (QED) is 0.00917. The highest BCUT2D eigenvalue weighted by Crippen LogP contribution is 2.48. The molecular weight excluding hydrogens is 1810 g/mol. The number of nitrogens with one attached hydrogen (secondary N) is 3. The summed E-state index contributed by atoms with van der Waals surface area (Å²) in [5.41, 5.74) is 1.31. The van der Waals surface area contributed by atoms with Crippen molar-refractivity contribution < 1.29 is 139 Å². The molecule has 770 valence electrons. The summed E-state index contributed by atoms with van der Waals surface area (Å²) in [6.07, 6.45) is 5.87. The lowest BCUT2D eigenvalue weighted by Crippen LogP contribution is -2.71. The number of ether oxygens (including phenoxy) is 7. The molecule has 18 atom stereocenters. The predicted molar refractivity (Wildman–Crippen MR) is 512 cm³/mol. The van der Waals surface area contributed by atoms with Gasteiger partial charge in [0.25, 0.3) is 11.7 Å². The Bertz CT molecular complexity index is 4930. The van der Waals surface area contributed by atoms with Gasteiger partial charge in [0, 0.05) is 106 Å². The van der Waals surface area contributed by atoms with E-state index in [1.54, 1.807) is 66.8 Å². The van der Waals surface area contributed by atoms with Crippen LogP contribution >= 0.6 is 0 Å². The Kier molecular flexibility index (Phi) is 43.9. The number of aliphatic carboxylic acids is 1. The van der Waals surface area contributed by atoms with Gasteiger partial charge >= 0.3 is 5.97 Å². The Morgan fingerprint density at radius 3 is 1.77 bits per heavy atom. The third-order valence-corrected chi connectivity index (χ3v) is 28.3. The fourth-order valence-corrected chi connectivity index (χ4v) is 20.9. The van der Waals surface area contributed by atoms with Crippen LogP contribution in [0.25, 0.3) is 16.7 Å². The summed E-state index contributed by atoms with van der Waals surface area (Å²) in [6, 6.07) is 10.6. The topological polar surface area (TPSA) is 532 Å². The molecule has 137 heavy (non-hydrogen) atoms. The zero-order valence-corrected chi connectivity index (χ0v) is 83.1. The monoisotopic (exact) mass is 1970 g/mol. The number of aliphatic hydroxyl groups excluding tert-OH is 10. The van der Waals surface area contributed by atoms with E-state index in [2.05, 4.69) is 29.8 Å². The molecule has 0 saturated carbocycles. The Labute approximate surface area is 807 Å². The Morgan fingerprint density at radius 2 is 1.20 bits per heavy atom. The van der Waals surface area contributed by atoms with Crippen LogP contribution in [0.3, 0.4) is 0 Å². The molecule has 0 bridgehead atoms. The van der Waals surface area contributed by atoms with Crippen molar-refractivity contribution in [2.75, 3.05) is 69.5 Å². The van der Waals surface area contributed by atoms with Crippen LogP contribution in [-0.2, 0) is 67.8 Å². The Hall–Kier alpha value is -7.32. The van der Waals surface area contributed by atoms with Crippen LogP contribution in [0.2, 0.25) is 0 Å². The van der Waals surface area contributed by atoms with Crippen LogP contribution in [0.5, 0.6) is 11.5 Å². The van der Waals surface area contributed by atoms with Gasteiger partial charge < -0.3 is 124 Å². The zero-order valence-electron chi connectivity index (χ0n) is 81.5. The van der Waals surface area contributed by atoms with Gasteiger partial charge in [-0.25, -0.2) is 26.2 Å². The second-order valence-corrected chi connectivity index (χ2v) is 41.5. The van der Waals surface area contributed by atoms with Crippen LogP contribution in [0.4, 0.5) is 5.69 Å². The number of unbranched alkanes of at least 4 members (excludes halogenated alkanes) is 25. The molecule has 0 unspecified atom stereocenters. The van der Waals surface area contributed by atoms with Crippen molar-refractivity contribution in [1.82, 2.24) is 25.4 Å². The number of likely N-dealkylation sites (N-methyl/N-ethyl adjacent to an activating group) is 2. The average molecular weight is 1970 g/mol. The molecule has 3 aromatic carbocycles. The molecule has 0 radical (unpaired) electrons. The molecule has 3 fully saturated rings. The molecule has 6 heterocycles. The number of carboxylic acid groups (broad SMARTS) is 1. The van der Waals surface area contributed by atoms with E-state index in [9.17, 15) is 101 Å². The van der Waals surface area contributed by atoms with Gasteiger partial charge in [-0.3, -0.25) is 19.2 Å². The molecule has 0 spiro atoms. The first-order valence-electron chi connectivity index (χ1n) is 49.5. The van der Waals surface area contributed by atoms with Crippen LogP contribution in [0.15, 0.2) is 72.8 Å². The maximum atomic E-state index is 15.1. The predicted octanol–water partition coefficient (Wildman–Crippen LogP) is 6.97. The maximum absolute atomic E-state index is 15.1. The van der Waals surface area contributed by atoms with Crippen molar-refractivity contribution in [2.45, 2.75) is 382 Å². The lowest BCUT2D eigenvalue weighted by Gasteiger charge is -2.50. The first-order valence-corrected chi connectivity index (χ1v) is 52.7. The number of benzene rings is 3. The van der Waals surface area contributed by atoms with Gasteiger partial charge in [0.05, 0.1) is 99.1 Å². The van der Waals surface area contributed by atoms with Gasteiger partial charge in [0.1, 0.15) is 79.1 Å². The van der Waals surface area contributed by atoms with Crippen molar-refractivity contribution in [2.24, 2.45) is 0 Å². The zero-order chi connectivity index (χ0) is 100. The fourth-order valence-electron chi connectivity index (χ4n) is 19.7. The number of anilines is 1. The minimum absolute atomic E-state index is 0.0387. The fraction of sp³-hybridized carbons (Fsp3) is 0.700. The molecule has 0 aromatic heterocycles. The molecule has 9 rings (SSSR count). The summed E-state index contributed by atoms with van der Waals surface area (Å²) < 4.78 is 121. The molecule has 35 nitrogen and oxygen atoms in total. The van der Waals surface area contributed by atoms with Gasteiger partial charge in [0.2, 0.25) is 23.1 Å². The van der Waals surface area contributed by atoms with E-state index in [0.717, 1.165) is 58.3 Å². The highest BCUT2D eigenvalue weighted by molar-refractivity contribution is 7.86. The van der Waals surface area contributed by atoms with E-state index in [1.807, 2.05) is 57.1 Å². The summed E-state index contributed by atoms with van der Waals surface area (Å²) in [7, 11) is -8.27. The van der Waals surface area contributed by atoms with Crippen LogP contribution in [0, 0.1) is 0 Å². The first kappa shape index (κ1) is 113. The van der Waals surface area contributed by atoms with Crippen molar-refractivity contribution in [3.63, 3.8) is 0 Å². The maximum Gasteiger partial charge on any atom is 0.364 e. The largest absolute Gasteiger partial charge is 0.748 e. The summed E-state index contributed by atoms with van der Waals surface area (Å²) >= 11 is 0. The standard InChI is InChI=1S/C100H154N6O29S2/c1-11-15-17-19-21-23-25-27-28-30-32-34-36-38-40-47-83(114)103-72(75(110)46-39-37-35-33-31-29-26-24-22-20-18-16-12-2)60-129-95-89(118)88(117)91(81(59-108)132-95)133-96-90(119)93(87(116)80(58-107)131-96)135-100(97(121)122)56-76(111)85(102-63(5)109)92(134-100)86(115)77(112)57-101-82(113)48-43-49-104(10)94(120)67-45-42-41-44-66(67)84-70-50-68-64(61-136(123,124)125)54-98(6,7)105(13-3)73(68)52-78(70)130-79-53-74-69(51-71(79)84)65(62-137(126,127)128)55-99(8,9)106(74)14-4/h39,41-42,44-46,50-55,72,75-77,80-81,85-93,95-96,107-108,110-112,115-119H,11-38,40,43,47-49,56-62H2,1-10H3,(H5-,101,102,103,109,113,114,121,122,123,124,125,126,127,128)/p-1/b46-39+/t72-,75+,76-,77+,80+,81+,85+,86+,87-,88+,89+,90+,91+,92+,93-,95+,96-,100-/m0/s1. The average Bonchev–Trinajstić information content (AvgIpc) is 0.711. The SMILES string of the molecule is CCCCCCCCCCCCC/C=C/[C@@H](O)[C@H](CO[C@@H]1O[C@H](CO)[C@@H](O[C@@H]2O[C@H](CO)[C@H](O)[C@H](O[C@]3(C(=O)O)C[C@H](O)[C@@H](NC(C)=O)[C@H]([C@H](O)[C@H](O)CNC(=O)CCCN(C)C(=O)c4ccccc4C4=c5cc6c(cc5Oc5cc7c(cc54)C(CS(=O)(=O)[O-])=CC(C)(C)N7CC)=[N+](CC)C(C)(C)C=C6CS(=O)(=O)[O-])O3)[C@H]2O)[C@H](O)[C@H]1O)NC(=O)CCCCCCCCCCCCCCCCC. The number of hydrogen-bond acceptors (Lipinski definition) is 29. The first-order chi connectivity index (χ1) is 65.1. The van der Waals surface area contributed by atoms with Gasteiger partial charge in [-0.05, 0) is 94.4 Å². The minimum Gasteiger partial charge on any atom is -0.748 e. The van der Waals surface area contributed by atoms with E-state index in [4.69, 9.17) is 33.2 Å². The Morgan fingerprint density at radius 1 is 0.642 bits per heavy atom. The van der Waals surface area contributed by atoms with E-state index < -0.39 is 209 Å². The second kappa shape index (κ2) is 53.1. The molecule has 6 aliphatic rings. The number of carboxylic acids is 1. The molecule has 6 aliphatic heterocycles. The Balaban J connectivity index is 0.850. The van der Waals surface area contributed by atoms with E-state index in [1.165, 1.54) is 121 Å². The highest BCUT2D eigenvalue weighted by Gasteiger charge is 2.61. The number of amides is 4. The van der Waals surface area contributed by atoms with Crippen molar-refractivity contribution in [3.8, 4) is 11.5 Å². The number of fused-ring (bicyclic) bond motifs is 4. The number of allylic oxidation sites excluding steroid dienone is 1. The lowest BCUT2D eigenvalue weighted by atomic mass is 9.83. The van der Waals surface area contributed by atoms with Crippen molar-refractivity contribution in [3.05, 3.63) is 111 Å². The number of carbonyl (C=O) groups excluding carboxylic acids is 4. The van der Waals surface area contributed by atoms with Gasteiger partial charge in [-0.2, -0.15) is 0 Å². The second-order valence-electron chi connectivity index (χ2n) is 38.7. The summed E-state index contributed by atoms with van der Waals surface area (Å²) in [5.74, 6) is -9.03. The number of nitrogens with zero attached hydrogens (tertiary/aromatic N) is 3. The number of carbonyl (C=O) groups is 5. The molecule has 37 heteroatoms.